The van der Waals surface area contributed by atoms with Crippen molar-refractivity contribution in [3.8, 4) is 0 Å². The van der Waals surface area contributed by atoms with Crippen molar-refractivity contribution >= 4 is 16.1 Å². The van der Waals surface area contributed by atoms with Crippen LogP contribution in [0.1, 0.15) is 31.7 Å². The van der Waals surface area contributed by atoms with Crippen LogP contribution in [-0.4, -0.2) is 20.5 Å². The SMILES string of the molecule is CC(C)c1ccc(S(=O)(=O)CCC=O)cc1. The zero-order valence-electron chi connectivity index (χ0n) is 9.51. The van der Waals surface area contributed by atoms with Crippen LogP contribution in [0.25, 0.3) is 0 Å². The normalized spacial score (nSPS) is 11.7. The average Bonchev–Trinajstić information content (AvgIpc) is 2.26. The average molecular weight is 240 g/mol. The number of aldehydes is 1. The van der Waals surface area contributed by atoms with Gasteiger partial charge in [0.1, 0.15) is 6.29 Å². The number of carbonyl (C=O) groups is 1. The first-order valence-electron chi connectivity index (χ1n) is 5.23. The second kappa shape index (κ2) is 5.25. The first-order valence-corrected chi connectivity index (χ1v) is 6.89. The van der Waals surface area contributed by atoms with Gasteiger partial charge >= 0.3 is 0 Å². The minimum Gasteiger partial charge on any atom is -0.303 e. The highest BCUT2D eigenvalue weighted by atomic mass is 32.2. The summed E-state index contributed by atoms with van der Waals surface area (Å²) < 4.78 is 23.4. The first kappa shape index (κ1) is 12.9. The van der Waals surface area contributed by atoms with Crippen molar-refractivity contribution < 1.29 is 13.2 Å². The quantitative estimate of drug-likeness (QED) is 0.741. The zero-order valence-corrected chi connectivity index (χ0v) is 10.3. The number of carbonyl (C=O) groups excluding carboxylic acids is 1. The summed E-state index contributed by atoms with van der Waals surface area (Å²) in [5, 5.41) is 0. The molecule has 0 bridgehead atoms. The third kappa shape index (κ3) is 3.17. The van der Waals surface area contributed by atoms with Crippen molar-refractivity contribution in [2.45, 2.75) is 31.1 Å². The summed E-state index contributed by atoms with van der Waals surface area (Å²) in [6.45, 7) is 4.10. The van der Waals surface area contributed by atoms with Gasteiger partial charge in [-0.1, -0.05) is 26.0 Å². The topological polar surface area (TPSA) is 51.2 Å². The smallest absolute Gasteiger partial charge is 0.178 e. The molecular weight excluding hydrogens is 224 g/mol. The van der Waals surface area contributed by atoms with Gasteiger partial charge in [-0.05, 0) is 23.6 Å². The van der Waals surface area contributed by atoms with E-state index >= 15 is 0 Å². The highest BCUT2D eigenvalue weighted by Gasteiger charge is 2.13. The molecule has 0 radical (unpaired) electrons. The van der Waals surface area contributed by atoms with E-state index in [2.05, 4.69) is 13.8 Å². The monoisotopic (exact) mass is 240 g/mol. The van der Waals surface area contributed by atoms with Gasteiger partial charge in [0.25, 0.3) is 0 Å². The molecule has 0 saturated carbocycles. The van der Waals surface area contributed by atoms with Crippen LogP contribution in [-0.2, 0) is 14.6 Å². The Morgan fingerprint density at radius 3 is 2.19 bits per heavy atom. The van der Waals surface area contributed by atoms with Crippen LogP contribution in [0.3, 0.4) is 0 Å². The molecule has 0 atom stereocenters. The Morgan fingerprint density at radius 1 is 1.19 bits per heavy atom. The van der Waals surface area contributed by atoms with Crippen LogP contribution in [0, 0.1) is 0 Å². The van der Waals surface area contributed by atoms with Crippen LogP contribution < -0.4 is 0 Å². The first-order chi connectivity index (χ1) is 7.47. The summed E-state index contributed by atoms with van der Waals surface area (Å²) in [6, 6.07) is 6.85. The Balaban J connectivity index is 2.93. The summed E-state index contributed by atoms with van der Waals surface area (Å²) in [4.78, 5) is 10.5. The molecule has 0 fully saturated rings. The summed E-state index contributed by atoms with van der Waals surface area (Å²) >= 11 is 0. The molecule has 0 aliphatic carbocycles. The lowest BCUT2D eigenvalue weighted by Gasteiger charge is -2.07. The molecule has 0 aliphatic rings. The molecule has 3 nitrogen and oxygen atoms in total. The van der Waals surface area contributed by atoms with Crippen molar-refractivity contribution in [3.05, 3.63) is 29.8 Å². The highest BCUT2D eigenvalue weighted by molar-refractivity contribution is 7.91. The largest absolute Gasteiger partial charge is 0.303 e. The third-order valence-corrected chi connectivity index (χ3v) is 4.17. The van der Waals surface area contributed by atoms with Crippen molar-refractivity contribution in [3.63, 3.8) is 0 Å². The molecule has 0 N–H and O–H groups in total. The molecule has 0 unspecified atom stereocenters. The van der Waals surface area contributed by atoms with E-state index in [1.165, 1.54) is 0 Å². The van der Waals surface area contributed by atoms with Crippen LogP contribution >= 0.6 is 0 Å². The molecule has 0 aromatic heterocycles. The van der Waals surface area contributed by atoms with Gasteiger partial charge in [0.2, 0.25) is 0 Å². The Hall–Kier alpha value is -1.16. The lowest BCUT2D eigenvalue weighted by Crippen LogP contribution is -2.07. The van der Waals surface area contributed by atoms with Gasteiger partial charge in [-0.3, -0.25) is 0 Å². The molecule has 1 aromatic carbocycles. The molecule has 0 heterocycles. The van der Waals surface area contributed by atoms with Crippen LogP contribution in [0.2, 0.25) is 0 Å². The minimum absolute atomic E-state index is 0.0499. The minimum atomic E-state index is -3.30. The lowest BCUT2D eigenvalue weighted by atomic mass is 10.0. The number of rotatable bonds is 5. The Bertz CT molecular complexity index is 444. The molecular formula is C12H16O3S. The maximum absolute atomic E-state index is 11.7. The van der Waals surface area contributed by atoms with Gasteiger partial charge in [0, 0.05) is 6.42 Å². The fraction of sp³-hybridized carbons (Fsp3) is 0.417. The van der Waals surface area contributed by atoms with E-state index in [0.717, 1.165) is 5.56 Å². The molecule has 0 aliphatic heterocycles. The van der Waals surface area contributed by atoms with Gasteiger partial charge in [0.15, 0.2) is 9.84 Å². The molecule has 1 aromatic rings. The molecule has 4 heteroatoms. The fourth-order valence-corrected chi connectivity index (χ4v) is 2.57. The van der Waals surface area contributed by atoms with Gasteiger partial charge in [-0.25, -0.2) is 8.42 Å². The number of hydrogen-bond acceptors (Lipinski definition) is 3. The summed E-state index contributed by atoms with van der Waals surface area (Å²) in [7, 11) is -3.30. The number of hydrogen-bond donors (Lipinski definition) is 0. The second-order valence-electron chi connectivity index (χ2n) is 4.00. The molecule has 0 saturated heterocycles. The van der Waals surface area contributed by atoms with Gasteiger partial charge in [0.05, 0.1) is 10.6 Å². The van der Waals surface area contributed by atoms with Gasteiger partial charge in [-0.2, -0.15) is 0 Å². The van der Waals surface area contributed by atoms with Gasteiger partial charge in [-0.15, -0.1) is 0 Å². The van der Waals surface area contributed by atoms with Crippen LogP contribution in [0.5, 0.6) is 0 Å². The number of benzene rings is 1. The molecule has 88 valence electrons. The van der Waals surface area contributed by atoms with Crippen LogP contribution in [0.4, 0.5) is 0 Å². The second-order valence-corrected chi connectivity index (χ2v) is 6.11. The maximum Gasteiger partial charge on any atom is 0.178 e. The van der Waals surface area contributed by atoms with E-state index in [0.29, 0.717) is 17.1 Å². The maximum atomic E-state index is 11.7. The zero-order chi connectivity index (χ0) is 12.2. The molecule has 16 heavy (non-hydrogen) atoms. The van der Waals surface area contributed by atoms with Crippen molar-refractivity contribution in [1.82, 2.24) is 0 Å². The predicted octanol–water partition coefficient (Wildman–Crippen LogP) is 2.17. The van der Waals surface area contributed by atoms with Crippen LogP contribution in [0.15, 0.2) is 29.2 Å². The highest BCUT2D eigenvalue weighted by Crippen LogP contribution is 2.18. The van der Waals surface area contributed by atoms with Crippen molar-refractivity contribution in [1.29, 1.82) is 0 Å². The standard InChI is InChI=1S/C12H16O3S/c1-10(2)11-4-6-12(7-5-11)16(14,15)9-3-8-13/h4-8,10H,3,9H2,1-2H3. The van der Waals surface area contributed by atoms with Crippen molar-refractivity contribution in [2.75, 3.05) is 5.75 Å². The molecule has 1 rings (SSSR count). The predicted molar refractivity (Wildman–Crippen MR) is 63.3 cm³/mol. The summed E-state index contributed by atoms with van der Waals surface area (Å²) in [5.74, 6) is 0.268. The number of sulfone groups is 1. The Kier molecular flexibility index (Phi) is 4.24. The van der Waals surface area contributed by atoms with Gasteiger partial charge < -0.3 is 4.79 Å². The fourth-order valence-electron chi connectivity index (χ4n) is 1.38. The Labute approximate surface area is 96.4 Å². The molecule has 0 amide bonds. The third-order valence-electron chi connectivity index (χ3n) is 2.41. The molecule has 0 spiro atoms. The Morgan fingerprint density at radius 2 is 1.75 bits per heavy atom. The van der Waals surface area contributed by atoms with E-state index in [9.17, 15) is 13.2 Å². The van der Waals surface area contributed by atoms with E-state index in [-0.39, 0.29) is 12.2 Å². The summed E-state index contributed by atoms with van der Waals surface area (Å²) in [6.07, 6.45) is 0.675. The summed E-state index contributed by atoms with van der Waals surface area (Å²) in [5.41, 5.74) is 1.11. The van der Waals surface area contributed by atoms with E-state index in [1.54, 1.807) is 12.1 Å². The van der Waals surface area contributed by atoms with E-state index in [1.807, 2.05) is 12.1 Å². The lowest BCUT2D eigenvalue weighted by molar-refractivity contribution is -0.107. The van der Waals surface area contributed by atoms with E-state index in [4.69, 9.17) is 0 Å². The van der Waals surface area contributed by atoms with E-state index < -0.39 is 9.84 Å². The van der Waals surface area contributed by atoms with Crippen molar-refractivity contribution in [2.24, 2.45) is 0 Å².